The Balaban J connectivity index is 1.98. The van der Waals surface area contributed by atoms with Gasteiger partial charge >= 0.3 is 6.61 Å². The van der Waals surface area contributed by atoms with Crippen LogP contribution >= 0.6 is 11.3 Å². The molecule has 0 aliphatic heterocycles. The number of benzene rings is 1. The van der Waals surface area contributed by atoms with Gasteiger partial charge in [-0.05, 0) is 46.5 Å². The molecule has 0 spiro atoms. The highest BCUT2D eigenvalue weighted by molar-refractivity contribution is 7.08. The van der Waals surface area contributed by atoms with Crippen LogP contribution in [0.15, 0.2) is 29.0 Å². The molecule has 0 atom stereocenters. The Hall–Kier alpha value is -1.66. The molecule has 2 rings (SSSR count). The number of hydrogen-bond acceptors (Lipinski definition) is 4. The normalized spacial score (nSPS) is 10.9. The SMILES string of the molecule is COc1ccc(CNCc2cscc2C)cc1OC(F)F. The Kier molecular flexibility index (Phi) is 5.52. The van der Waals surface area contributed by atoms with Gasteiger partial charge in [0.1, 0.15) is 0 Å². The van der Waals surface area contributed by atoms with Gasteiger partial charge in [-0.2, -0.15) is 20.1 Å². The first-order valence-corrected chi connectivity index (χ1v) is 7.38. The van der Waals surface area contributed by atoms with Gasteiger partial charge in [0, 0.05) is 13.1 Å². The fourth-order valence-electron chi connectivity index (χ4n) is 1.93. The monoisotopic (exact) mass is 313 g/mol. The minimum Gasteiger partial charge on any atom is -0.493 e. The molecule has 1 aromatic carbocycles. The number of halogens is 2. The number of nitrogens with one attached hydrogen (secondary N) is 1. The number of ether oxygens (including phenoxy) is 2. The lowest BCUT2D eigenvalue weighted by molar-refractivity contribution is -0.0512. The van der Waals surface area contributed by atoms with Crippen LogP contribution < -0.4 is 14.8 Å². The average molecular weight is 313 g/mol. The highest BCUT2D eigenvalue weighted by Gasteiger charge is 2.11. The van der Waals surface area contributed by atoms with Gasteiger partial charge in [-0.3, -0.25) is 0 Å². The number of aryl methyl sites for hydroxylation is 1. The predicted octanol–water partition coefficient (Wildman–Crippen LogP) is 3.96. The molecule has 1 N–H and O–H groups in total. The minimum atomic E-state index is -2.87. The summed E-state index contributed by atoms with van der Waals surface area (Å²) in [6.07, 6.45) is 0. The molecule has 1 aromatic heterocycles. The summed E-state index contributed by atoms with van der Waals surface area (Å²) in [5.41, 5.74) is 3.36. The van der Waals surface area contributed by atoms with Crippen molar-refractivity contribution in [3.63, 3.8) is 0 Å². The molecule has 0 aliphatic carbocycles. The van der Waals surface area contributed by atoms with Crippen LogP contribution in [0.3, 0.4) is 0 Å². The molecule has 0 fully saturated rings. The molecule has 114 valence electrons. The maximum absolute atomic E-state index is 12.4. The zero-order valence-electron chi connectivity index (χ0n) is 11.9. The summed E-state index contributed by atoms with van der Waals surface area (Å²) in [7, 11) is 1.42. The molecule has 21 heavy (non-hydrogen) atoms. The standard InChI is InChI=1S/C15H17F2NO2S/c1-10-8-21-9-12(10)7-18-6-11-3-4-13(19-2)14(5-11)20-15(16)17/h3-5,8-9,15,18H,6-7H2,1-2H3. The van der Waals surface area contributed by atoms with E-state index in [1.165, 1.54) is 18.2 Å². The minimum absolute atomic E-state index is 0.0542. The second kappa shape index (κ2) is 7.38. The molecule has 0 unspecified atom stereocenters. The van der Waals surface area contributed by atoms with Gasteiger partial charge < -0.3 is 14.8 Å². The van der Waals surface area contributed by atoms with Crippen molar-refractivity contribution in [1.29, 1.82) is 0 Å². The van der Waals surface area contributed by atoms with Crippen molar-refractivity contribution >= 4 is 11.3 Å². The van der Waals surface area contributed by atoms with E-state index in [2.05, 4.69) is 27.7 Å². The second-order valence-corrected chi connectivity index (χ2v) is 5.29. The molecule has 0 bridgehead atoms. The summed E-state index contributed by atoms with van der Waals surface area (Å²) < 4.78 is 34.2. The van der Waals surface area contributed by atoms with Crippen LogP contribution in [0.1, 0.15) is 16.7 Å². The van der Waals surface area contributed by atoms with Crippen molar-refractivity contribution in [2.75, 3.05) is 7.11 Å². The molecule has 3 nitrogen and oxygen atoms in total. The van der Waals surface area contributed by atoms with E-state index >= 15 is 0 Å². The van der Waals surface area contributed by atoms with E-state index in [0.717, 1.165) is 12.1 Å². The number of methoxy groups -OCH3 is 1. The van der Waals surface area contributed by atoms with Gasteiger partial charge in [-0.25, -0.2) is 0 Å². The molecule has 1 heterocycles. The highest BCUT2D eigenvalue weighted by atomic mass is 32.1. The summed E-state index contributed by atoms with van der Waals surface area (Å²) >= 11 is 1.67. The van der Waals surface area contributed by atoms with Crippen molar-refractivity contribution in [1.82, 2.24) is 5.32 Å². The summed E-state index contributed by atoms with van der Waals surface area (Å²) in [4.78, 5) is 0. The first-order chi connectivity index (χ1) is 10.1. The van der Waals surface area contributed by atoms with E-state index in [0.29, 0.717) is 12.3 Å². The number of alkyl halides is 2. The molecule has 0 aliphatic rings. The lowest BCUT2D eigenvalue weighted by Gasteiger charge is -2.12. The molecule has 0 saturated heterocycles. The smallest absolute Gasteiger partial charge is 0.387 e. The third kappa shape index (κ3) is 4.41. The van der Waals surface area contributed by atoms with Crippen molar-refractivity contribution < 1.29 is 18.3 Å². The van der Waals surface area contributed by atoms with Crippen molar-refractivity contribution in [3.05, 3.63) is 45.6 Å². The van der Waals surface area contributed by atoms with Gasteiger partial charge in [0.15, 0.2) is 11.5 Å². The number of hydrogen-bond donors (Lipinski definition) is 1. The summed E-state index contributed by atoms with van der Waals surface area (Å²) in [6.45, 7) is 0.511. The van der Waals surface area contributed by atoms with Crippen LogP contribution in [0.25, 0.3) is 0 Å². The maximum Gasteiger partial charge on any atom is 0.387 e. The number of thiophene rings is 1. The van der Waals surface area contributed by atoms with Gasteiger partial charge in [0.25, 0.3) is 0 Å². The third-order valence-electron chi connectivity index (χ3n) is 3.05. The van der Waals surface area contributed by atoms with Gasteiger partial charge in [0.05, 0.1) is 7.11 Å². The van der Waals surface area contributed by atoms with Gasteiger partial charge in [-0.15, -0.1) is 0 Å². The van der Waals surface area contributed by atoms with E-state index in [1.54, 1.807) is 23.5 Å². The van der Waals surface area contributed by atoms with E-state index in [9.17, 15) is 8.78 Å². The topological polar surface area (TPSA) is 30.5 Å². The molecular weight excluding hydrogens is 296 g/mol. The zero-order chi connectivity index (χ0) is 15.2. The van der Waals surface area contributed by atoms with Crippen LogP contribution in [-0.2, 0) is 13.1 Å². The first kappa shape index (κ1) is 15.7. The summed E-state index contributed by atoms with van der Waals surface area (Å²) in [6, 6.07) is 5.02. The van der Waals surface area contributed by atoms with Crippen molar-refractivity contribution in [2.24, 2.45) is 0 Å². The maximum atomic E-state index is 12.4. The van der Waals surface area contributed by atoms with E-state index < -0.39 is 6.61 Å². The van der Waals surface area contributed by atoms with Gasteiger partial charge in [0.2, 0.25) is 0 Å². The Morgan fingerprint density at radius 1 is 1.19 bits per heavy atom. The Morgan fingerprint density at radius 3 is 2.62 bits per heavy atom. The second-order valence-electron chi connectivity index (χ2n) is 4.55. The van der Waals surface area contributed by atoms with E-state index in [1.807, 2.05) is 6.07 Å². The van der Waals surface area contributed by atoms with E-state index in [-0.39, 0.29) is 5.75 Å². The zero-order valence-corrected chi connectivity index (χ0v) is 12.7. The average Bonchev–Trinajstić information content (AvgIpc) is 2.84. The van der Waals surface area contributed by atoms with E-state index in [4.69, 9.17) is 4.74 Å². The van der Waals surface area contributed by atoms with Crippen molar-refractivity contribution in [3.8, 4) is 11.5 Å². The summed E-state index contributed by atoms with van der Waals surface area (Å²) in [5.74, 6) is 0.353. The molecule has 0 radical (unpaired) electrons. The van der Waals surface area contributed by atoms with Crippen LogP contribution in [0.4, 0.5) is 8.78 Å². The highest BCUT2D eigenvalue weighted by Crippen LogP contribution is 2.29. The van der Waals surface area contributed by atoms with Gasteiger partial charge in [-0.1, -0.05) is 6.07 Å². The Morgan fingerprint density at radius 2 is 2.00 bits per heavy atom. The quantitative estimate of drug-likeness (QED) is 0.839. The predicted molar refractivity (Wildman–Crippen MR) is 79.2 cm³/mol. The lowest BCUT2D eigenvalue weighted by Crippen LogP contribution is -2.13. The van der Waals surface area contributed by atoms with Crippen LogP contribution in [0, 0.1) is 6.92 Å². The molecule has 0 amide bonds. The Labute approximate surface area is 126 Å². The van der Waals surface area contributed by atoms with Crippen LogP contribution in [0.5, 0.6) is 11.5 Å². The fourth-order valence-corrected chi connectivity index (χ4v) is 2.79. The van der Waals surface area contributed by atoms with Crippen LogP contribution in [-0.4, -0.2) is 13.7 Å². The molecule has 0 saturated carbocycles. The fraction of sp³-hybridized carbons (Fsp3) is 0.333. The summed E-state index contributed by atoms with van der Waals surface area (Å²) in [5, 5.41) is 7.48. The lowest BCUT2D eigenvalue weighted by atomic mass is 10.2. The molecule has 6 heteroatoms. The largest absolute Gasteiger partial charge is 0.493 e. The third-order valence-corrected chi connectivity index (χ3v) is 3.96. The Bertz CT molecular complexity index is 587. The first-order valence-electron chi connectivity index (χ1n) is 6.44. The molecule has 2 aromatic rings. The molecular formula is C15H17F2NO2S. The number of rotatable bonds is 7. The van der Waals surface area contributed by atoms with Crippen molar-refractivity contribution in [2.45, 2.75) is 26.6 Å². The van der Waals surface area contributed by atoms with Crippen LogP contribution in [0.2, 0.25) is 0 Å².